The Labute approximate surface area is 278 Å². The van der Waals surface area contributed by atoms with Crippen LogP contribution in [0.1, 0.15) is 168 Å². The Hall–Kier alpha value is -0.500. The van der Waals surface area contributed by atoms with Crippen LogP contribution in [0, 0.1) is 0 Å². The summed E-state index contributed by atoms with van der Waals surface area (Å²) in [6.45, 7) is 5.61. The first-order valence-electron chi connectivity index (χ1n) is 18.8. The van der Waals surface area contributed by atoms with Crippen LogP contribution in [0.25, 0.3) is 0 Å². The Morgan fingerprint density at radius 2 is 1.02 bits per heavy atom. The summed E-state index contributed by atoms with van der Waals surface area (Å²) < 4.78 is 34.7. The maximum absolute atomic E-state index is 12.5. The van der Waals surface area contributed by atoms with E-state index in [9.17, 15) is 14.3 Å². The van der Waals surface area contributed by atoms with E-state index in [1.165, 1.54) is 116 Å². The summed E-state index contributed by atoms with van der Waals surface area (Å²) in [6.07, 6.45) is 28.5. The van der Waals surface area contributed by atoms with Gasteiger partial charge in [-0.1, -0.05) is 149 Å². The zero-order chi connectivity index (χ0) is 33.5. The van der Waals surface area contributed by atoms with Crippen molar-refractivity contribution in [3.05, 3.63) is 0 Å². The Balaban J connectivity index is 4.16. The molecule has 9 heteroatoms. The van der Waals surface area contributed by atoms with Crippen LogP contribution >= 0.6 is 7.82 Å². The number of likely N-dealkylation sites (N-methyl/N-ethyl adjacent to an activating group) is 1. The van der Waals surface area contributed by atoms with E-state index in [0.717, 1.165) is 32.1 Å². The average molecular weight is 665 g/mol. The molecule has 0 aliphatic rings. The standard InChI is InChI=1S/C36H74NO7P/c1-6-8-10-12-14-15-16-17-18-19-20-21-22-24-26-28-31-41-33-35(34-43-45(39,40)42-32-30-37(3,4)5)44-36(38)29-27-25-23-13-11-9-7-2/h35H,6-34H2,1-5H3/p+1/t35-/m1/s1. The lowest BCUT2D eigenvalue weighted by Gasteiger charge is -2.24. The van der Waals surface area contributed by atoms with Gasteiger partial charge in [-0.05, 0) is 12.8 Å². The maximum Gasteiger partial charge on any atom is 0.472 e. The van der Waals surface area contributed by atoms with Gasteiger partial charge in [0.15, 0.2) is 0 Å². The number of unbranched alkanes of at least 4 members (excludes halogenated alkanes) is 21. The molecule has 0 aromatic carbocycles. The first kappa shape index (κ1) is 44.5. The van der Waals surface area contributed by atoms with E-state index in [1.807, 2.05) is 21.1 Å². The van der Waals surface area contributed by atoms with E-state index in [2.05, 4.69) is 13.8 Å². The third kappa shape index (κ3) is 34.6. The van der Waals surface area contributed by atoms with Crippen molar-refractivity contribution in [1.82, 2.24) is 0 Å². The largest absolute Gasteiger partial charge is 0.472 e. The minimum Gasteiger partial charge on any atom is -0.457 e. The molecule has 0 aromatic heterocycles. The second kappa shape index (κ2) is 30.8. The zero-order valence-electron chi connectivity index (χ0n) is 30.4. The highest BCUT2D eigenvalue weighted by Gasteiger charge is 2.26. The highest BCUT2D eigenvalue weighted by Crippen LogP contribution is 2.43. The van der Waals surface area contributed by atoms with E-state index in [0.29, 0.717) is 24.1 Å². The Morgan fingerprint density at radius 3 is 1.47 bits per heavy atom. The number of carbonyl (C=O) groups is 1. The van der Waals surface area contributed by atoms with Gasteiger partial charge in [0, 0.05) is 13.0 Å². The molecule has 0 heterocycles. The van der Waals surface area contributed by atoms with Crippen LogP contribution in [0.5, 0.6) is 0 Å². The molecule has 0 saturated carbocycles. The molecule has 2 atom stereocenters. The smallest absolute Gasteiger partial charge is 0.457 e. The number of esters is 1. The predicted molar refractivity (Wildman–Crippen MR) is 187 cm³/mol. The van der Waals surface area contributed by atoms with E-state index in [1.54, 1.807) is 0 Å². The number of hydrogen-bond acceptors (Lipinski definition) is 6. The van der Waals surface area contributed by atoms with Gasteiger partial charge in [0.25, 0.3) is 0 Å². The molecule has 0 aliphatic heterocycles. The number of phosphoric acid groups is 1. The second-order valence-electron chi connectivity index (χ2n) is 14.0. The van der Waals surface area contributed by atoms with Gasteiger partial charge in [0.2, 0.25) is 0 Å². The Kier molecular flexibility index (Phi) is 30.5. The van der Waals surface area contributed by atoms with Crippen LogP contribution in [-0.4, -0.2) is 75.6 Å². The summed E-state index contributed by atoms with van der Waals surface area (Å²) in [7, 11) is 1.68. The number of carbonyl (C=O) groups excluding carboxylic acids is 1. The zero-order valence-corrected chi connectivity index (χ0v) is 31.3. The van der Waals surface area contributed by atoms with Crippen LogP contribution in [0.15, 0.2) is 0 Å². The van der Waals surface area contributed by atoms with Crippen molar-refractivity contribution in [3.63, 3.8) is 0 Å². The molecule has 1 unspecified atom stereocenters. The van der Waals surface area contributed by atoms with Crippen LogP contribution in [0.3, 0.4) is 0 Å². The van der Waals surface area contributed by atoms with Gasteiger partial charge in [-0.15, -0.1) is 0 Å². The summed E-state index contributed by atoms with van der Waals surface area (Å²) in [5.74, 6) is -0.318. The highest BCUT2D eigenvalue weighted by atomic mass is 31.2. The normalized spacial score (nSPS) is 14.0. The lowest BCUT2D eigenvalue weighted by molar-refractivity contribution is -0.870. The van der Waals surface area contributed by atoms with Crippen LogP contribution in [-0.2, 0) is 27.9 Å². The lowest BCUT2D eigenvalue weighted by Crippen LogP contribution is -2.37. The van der Waals surface area contributed by atoms with Gasteiger partial charge >= 0.3 is 13.8 Å². The second-order valence-corrected chi connectivity index (χ2v) is 15.4. The topological polar surface area (TPSA) is 91.3 Å². The van der Waals surface area contributed by atoms with Gasteiger partial charge in [-0.2, -0.15) is 0 Å². The van der Waals surface area contributed by atoms with Crippen molar-refractivity contribution in [2.45, 2.75) is 174 Å². The monoisotopic (exact) mass is 665 g/mol. The molecular weight excluding hydrogens is 589 g/mol. The summed E-state index contributed by atoms with van der Waals surface area (Å²) in [5, 5.41) is 0. The molecule has 1 N–H and O–H groups in total. The molecule has 0 radical (unpaired) electrons. The van der Waals surface area contributed by atoms with E-state index < -0.39 is 13.9 Å². The Morgan fingerprint density at radius 1 is 0.600 bits per heavy atom. The lowest BCUT2D eigenvalue weighted by atomic mass is 10.0. The van der Waals surface area contributed by atoms with E-state index in [4.69, 9.17) is 18.5 Å². The molecule has 0 spiro atoms. The number of quaternary nitrogens is 1. The van der Waals surface area contributed by atoms with Crippen molar-refractivity contribution >= 4 is 13.8 Å². The van der Waals surface area contributed by atoms with Crippen molar-refractivity contribution in [2.75, 3.05) is 54.1 Å². The molecule has 270 valence electrons. The highest BCUT2D eigenvalue weighted by molar-refractivity contribution is 7.47. The fourth-order valence-electron chi connectivity index (χ4n) is 5.20. The minimum atomic E-state index is -4.25. The SMILES string of the molecule is CCCCCCCCCCCCCCCCCCOC[C@H](COP(=O)(O)OCC[N+](C)(C)C)OC(=O)CCCCCCCCC. The maximum atomic E-state index is 12.5. The van der Waals surface area contributed by atoms with E-state index >= 15 is 0 Å². The van der Waals surface area contributed by atoms with Crippen LogP contribution in [0.2, 0.25) is 0 Å². The van der Waals surface area contributed by atoms with Crippen molar-refractivity contribution in [3.8, 4) is 0 Å². The van der Waals surface area contributed by atoms with Crippen molar-refractivity contribution < 1.29 is 37.3 Å². The molecule has 0 fully saturated rings. The summed E-state index contributed by atoms with van der Waals surface area (Å²) >= 11 is 0. The number of hydrogen-bond donors (Lipinski definition) is 1. The third-order valence-corrected chi connectivity index (χ3v) is 9.15. The quantitative estimate of drug-likeness (QED) is 0.0312. The molecular formula is C36H75NO7P+. The molecule has 0 amide bonds. The molecule has 0 aliphatic carbocycles. The molecule has 0 bridgehead atoms. The number of nitrogens with zero attached hydrogens (tertiary/aromatic N) is 1. The fraction of sp³-hybridized carbons (Fsp3) is 0.972. The average Bonchev–Trinajstić information content (AvgIpc) is 2.98. The molecule has 0 rings (SSSR count). The molecule has 0 aromatic rings. The van der Waals surface area contributed by atoms with Crippen LogP contribution < -0.4 is 0 Å². The summed E-state index contributed by atoms with van der Waals surface area (Å²) in [4.78, 5) is 22.6. The number of rotatable bonds is 35. The van der Waals surface area contributed by atoms with Crippen molar-refractivity contribution in [1.29, 1.82) is 0 Å². The number of phosphoric ester groups is 1. The number of ether oxygens (including phenoxy) is 2. The molecule has 8 nitrogen and oxygen atoms in total. The molecule has 0 saturated heterocycles. The third-order valence-electron chi connectivity index (χ3n) is 8.17. The van der Waals surface area contributed by atoms with Gasteiger partial charge in [0.1, 0.15) is 19.3 Å². The van der Waals surface area contributed by atoms with Crippen LogP contribution in [0.4, 0.5) is 0 Å². The van der Waals surface area contributed by atoms with Gasteiger partial charge in [-0.25, -0.2) is 4.57 Å². The first-order chi connectivity index (χ1) is 21.6. The van der Waals surface area contributed by atoms with Gasteiger partial charge in [0.05, 0.1) is 34.4 Å². The summed E-state index contributed by atoms with van der Waals surface area (Å²) in [6, 6.07) is 0. The molecule has 45 heavy (non-hydrogen) atoms. The van der Waals surface area contributed by atoms with Gasteiger partial charge in [-0.3, -0.25) is 13.8 Å². The van der Waals surface area contributed by atoms with E-state index in [-0.39, 0.29) is 25.8 Å². The van der Waals surface area contributed by atoms with Crippen molar-refractivity contribution in [2.24, 2.45) is 0 Å². The minimum absolute atomic E-state index is 0.0930. The predicted octanol–water partition coefficient (Wildman–Crippen LogP) is 10.2. The first-order valence-corrected chi connectivity index (χ1v) is 20.3. The summed E-state index contributed by atoms with van der Waals surface area (Å²) in [5.41, 5.74) is 0. The Bertz CT molecular complexity index is 701. The van der Waals surface area contributed by atoms with Gasteiger partial charge < -0.3 is 18.9 Å². The fourth-order valence-corrected chi connectivity index (χ4v) is 5.94.